The van der Waals surface area contributed by atoms with Gasteiger partial charge >= 0.3 is 5.97 Å². The van der Waals surface area contributed by atoms with Gasteiger partial charge in [0.2, 0.25) is 0 Å². The molecular weight excluding hydrogens is 288 g/mol. The van der Waals surface area contributed by atoms with Gasteiger partial charge in [-0.3, -0.25) is 4.79 Å². The second kappa shape index (κ2) is 6.86. The minimum absolute atomic E-state index is 0.0571. The summed E-state index contributed by atoms with van der Waals surface area (Å²) in [6.07, 6.45) is 3.01. The Labute approximate surface area is 137 Å². The second-order valence-electron chi connectivity index (χ2n) is 6.17. The van der Waals surface area contributed by atoms with E-state index in [1.54, 1.807) is 0 Å². The van der Waals surface area contributed by atoms with Gasteiger partial charge in [-0.25, -0.2) is 0 Å². The zero-order chi connectivity index (χ0) is 16.2. The van der Waals surface area contributed by atoms with Gasteiger partial charge in [0, 0.05) is 0 Å². The van der Waals surface area contributed by atoms with Crippen LogP contribution in [0, 0.1) is 18.8 Å². The molecule has 0 aromatic heterocycles. The molecule has 0 radical (unpaired) electrons. The molecule has 0 aliphatic heterocycles. The fourth-order valence-electron chi connectivity index (χ4n) is 2.98. The number of hydrogen-bond donors (Lipinski definition) is 0. The number of hydrogen-bond acceptors (Lipinski definition) is 3. The lowest BCUT2D eigenvalue weighted by Gasteiger charge is -2.10. The summed E-state index contributed by atoms with van der Waals surface area (Å²) in [5, 5.41) is 0. The van der Waals surface area contributed by atoms with E-state index in [9.17, 15) is 4.79 Å². The number of rotatable bonds is 6. The zero-order valence-electron chi connectivity index (χ0n) is 13.6. The third-order valence-electron chi connectivity index (χ3n) is 4.50. The van der Waals surface area contributed by atoms with E-state index in [1.165, 1.54) is 18.2 Å². The van der Waals surface area contributed by atoms with Crippen LogP contribution in [0.15, 0.2) is 48.5 Å². The first kappa shape index (κ1) is 15.6. The lowest BCUT2D eigenvalue weighted by molar-refractivity contribution is -0.142. The molecule has 0 spiro atoms. The molecule has 2 atom stereocenters. The molecule has 0 saturated heterocycles. The van der Waals surface area contributed by atoms with Gasteiger partial charge in [0.15, 0.2) is 0 Å². The van der Waals surface area contributed by atoms with Gasteiger partial charge in [-0.15, -0.1) is 0 Å². The SMILES string of the molecule is COC(=O)C1CC1CCc1ccc(Oc2ccccc2)cc1C. The Morgan fingerprint density at radius 1 is 1.13 bits per heavy atom. The average molecular weight is 310 g/mol. The predicted molar refractivity (Wildman–Crippen MR) is 89.6 cm³/mol. The summed E-state index contributed by atoms with van der Waals surface area (Å²) in [5.74, 6) is 2.26. The highest BCUT2D eigenvalue weighted by Gasteiger charge is 2.43. The Kier molecular flexibility index (Phi) is 4.65. The zero-order valence-corrected chi connectivity index (χ0v) is 13.6. The van der Waals surface area contributed by atoms with Crippen LogP contribution in [0.2, 0.25) is 0 Å². The molecule has 2 aromatic carbocycles. The fourth-order valence-corrected chi connectivity index (χ4v) is 2.98. The van der Waals surface area contributed by atoms with Gasteiger partial charge in [-0.2, -0.15) is 0 Å². The number of para-hydroxylation sites is 1. The molecule has 3 rings (SSSR count). The van der Waals surface area contributed by atoms with Crippen molar-refractivity contribution in [2.45, 2.75) is 26.2 Å². The summed E-state index contributed by atoms with van der Waals surface area (Å²) in [6.45, 7) is 2.11. The molecule has 3 heteroatoms. The summed E-state index contributed by atoms with van der Waals surface area (Å²) < 4.78 is 10.7. The van der Waals surface area contributed by atoms with Crippen molar-refractivity contribution in [1.29, 1.82) is 0 Å². The molecule has 1 saturated carbocycles. The second-order valence-corrected chi connectivity index (χ2v) is 6.17. The summed E-state index contributed by atoms with van der Waals surface area (Å²) >= 11 is 0. The van der Waals surface area contributed by atoms with Crippen molar-refractivity contribution in [3.05, 3.63) is 59.7 Å². The van der Waals surface area contributed by atoms with Gasteiger partial charge in [-0.1, -0.05) is 24.3 Å². The van der Waals surface area contributed by atoms with Crippen LogP contribution in [0.3, 0.4) is 0 Å². The van der Waals surface area contributed by atoms with Crippen LogP contribution in [0.5, 0.6) is 11.5 Å². The Morgan fingerprint density at radius 3 is 2.61 bits per heavy atom. The molecule has 0 amide bonds. The molecule has 1 aliphatic rings. The van der Waals surface area contributed by atoms with E-state index in [0.29, 0.717) is 5.92 Å². The standard InChI is InChI=1S/C20H22O3/c1-14-12-18(23-17-6-4-3-5-7-17)11-10-15(14)8-9-16-13-19(16)20(21)22-2/h3-7,10-12,16,19H,8-9,13H2,1-2H3. The molecule has 1 aliphatic carbocycles. The number of ether oxygens (including phenoxy) is 2. The first-order chi connectivity index (χ1) is 11.2. The van der Waals surface area contributed by atoms with Crippen LogP contribution >= 0.6 is 0 Å². The van der Waals surface area contributed by atoms with E-state index < -0.39 is 0 Å². The van der Waals surface area contributed by atoms with Crippen LogP contribution in [0.25, 0.3) is 0 Å². The highest BCUT2D eigenvalue weighted by atomic mass is 16.5. The topological polar surface area (TPSA) is 35.5 Å². The Balaban J connectivity index is 1.56. The molecule has 23 heavy (non-hydrogen) atoms. The number of methoxy groups -OCH3 is 1. The number of benzene rings is 2. The molecule has 2 aromatic rings. The van der Waals surface area contributed by atoms with Crippen molar-refractivity contribution in [2.24, 2.45) is 11.8 Å². The van der Waals surface area contributed by atoms with Crippen LogP contribution < -0.4 is 4.74 Å². The molecule has 2 unspecified atom stereocenters. The minimum Gasteiger partial charge on any atom is -0.469 e. The van der Waals surface area contributed by atoms with E-state index in [0.717, 1.165) is 30.8 Å². The maximum Gasteiger partial charge on any atom is 0.308 e. The van der Waals surface area contributed by atoms with Crippen molar-refractivity contribution in [1.82, 2.24) is 0 Å². The van der Waals surface area contributed by atoms with Gasteiger partial charge < -0.3 is 9.47 Å². The fraction of sp³-hybridized carbons (Fsp3) is 0.350. The predicted octanol–water partition coefficient (Wildman–Crippen LogP) is 4.53. The largest absolute Gasteiger partial charge is 0.469 e. The number of aryl methyl sites for hydroxylation is 2. The van der Waals surface area contributed by atoms with Crippen molar-refractivity contribution < 1.29 is 14.3 Å². The maximum absolute atomic E-state index is 11.4. The third-order valence-corrected chi connectivity index (χ3v) is 4.50. The average Bonchev–Trinajstić information content (AvgIpc) is 3.34. The Bertz CT molecular complexity index is 679. The van der Waals surface area contributed by atoms with Crippen molar-refractivity contribution in [2.75, 3.05) is 7.11 Å². The Morgan fingerprint density at radius 2 is 1.91 bits per heavy atom. The van der Waals surface area contributed by atoms with E-state index >= 15 is 0 Å². The number of esters is 1. The van der Waals surface area contributed by atoms with Gasteiger partial charge in [-0.05, 0) is 67.5 Å². The quantitative estimate of drug-likeness (QED) is 0.735. The number of carbonyl (C=O) groups is 1. The molecule has 3 nitrogen and oxygen atoms in total. The van der Waals surface area contributed by atoms with Gasteiger partial charge in [0.05, 0.1) is 13.0 Å². The molecule has 1 fully saturated rings. The molecule has 0 bridgehead atoms. The molecule has 0 N–H and O–H groups in total. The number of carbonyl (C=O) groups excluding carboxylic acids is 1. The van der Waals surface area contributed by atoms with Crippen molar-refractivity contribution in [3.63, 3.8) is 0 Å². The highest BCUT2D eigenvalue weighted by molar-refractivity contribution is 5.75. The van der Waals surface area contributed by atoms with Crippen molar-refractivity contribution >= 4 is 5.97 Å². The third kappa shape index (κ3) is 3.92. The minimum atomic E-state index is -0.0571. The first-order valence-electron chi connectivity index (χ1n) is 8.07. The lowest BCUT2D eigenvalue weighted by atomic mass is 10.0. The maximum atomic E-state index is 11.4. The van der Waals surface area contributed by atoms with Crippen LogP contribution in [0.4, 0.5) is 0 Å². The smallest absolute Gasteiger partial charge is 0.308 e. The van der Waals surface area contributed by atoms with Gasteiger partial charge in [0.25, 0.3) is 0 Å². The van der Waals surface area contributed by atoms with E-state index in [1.807, 2.05) is 36.4 Å². The monoisotopic (exact) mass is 310 g/mol. The highest BCUT2D eigenvalue weighted by Crippen LogP contribution is 2.43. The van der Waals surface area contributed by atoms with E-state index in [2.05, 4.69) is 19.1 Å². The Hall–Kier alpha value is -2.29. The summed E-state index contributed by atoms with van der Waals surface area (Å²) in [6, 6.07) is 16.0. The normalized spacial score (nSPS) is 19.2. The van der Waals surface area contributed by atoms with E-state index in [4.69, 9.17) is 9.47 Å². The summed E-state index contributed by atoms with van der Waals surface area (Å²) in [5.41, 5.74) is 2.55. The lowest BCUT2D eigenvalue weighted by Crippen LogP contribution is -2.04. The summed E-state index contributed by atoms with van der Waals surface area (Å²) in [7, 11) is 1.47. The van der Waals surface area contributed by atoms with Crippen LogP contribution in [-0.2, 0) is 16.0 Å². The molecule has 0 heterocycles. The van der Waals surface area contributed by atoms with Gasteiger partial charge in [0.1, 0.15) is 11.5 Å². The molecular formula is C20H22O3. The van der Waals surface area contributed by atoms with Crippen LogP contribution in [0.1, 0.15) is 24.0 Å². The summed E-state index contributed by atoms with van der Waals surface area (Å²) in [4.78, 5) is 11.4. The first-order valence-corrected chi connectivity index (χ1v) is 8.07. The van der Waals surface area contributed by atoms with Crippen LogP contribution in [-0.4, -0.2) is 13.1 Å². The van der Waals surface area contributed by atoms with Crippen molar-refractivity contribution in [3.8, 4) is 11.5 Å². The molecule has 120 valence electrons. The van der Waals surface area contributed by atoms with E-state index in [-0.39, 0.29) is 11.9 Å².